The molecule has 1 aliphatic heterocycles. The van der Waals surface area contributed by atoms with Crippen molar-refractivity contribution in [3.63, 3.8) is 0 Å². The predicted octanol–water partition coefficient (Wildman–Crippen LogP) is 5.00. The molecule has 0 unspecified atom stereocenters. The van der Waals surface area contributed by atoms with E-state index in [9.17, 15) is 9.59 Å². The summed E-state index contributed by atoms with van der Waals surface area (Å²) in [5, 5.41) is 3.58. The Morgan fingerprint density at radius 3 is 2.85 bits per heavy atom. The number of aryl methyl sites for hydroxylation is 2. The smallest absolute Gasteiger partial charge is 0.261 e. The van der Waals surface area contributed by atoms with Crippen LogP contribution >= 0.6 is 15.9 Å². The molecule has 0 saturated heterocycles. The van der Waals surface area contributed by atoms with Gasteiger partial charge in [0.2, 0.25) is 5.43 Å². The number of aromatic nitrogens is 1. The molecule has 27 heavy (non-hydrogen) atoms. The third kappa shape index (κ3) is 2.90. The Morgan fingerprint density at radius 1 is 1.33 bits per heavy atom. The van der Waals surface area contributed by atoms with Crippen LogP contribution in [0.1, 0.15) is 46.9 Å². The minimum absolute atomic E-state index is 0.186. The molecule has 0 spiro atoms. The number of nitrogens with zero attached hydrogens (tertiary/aromatic N) is 1. The van der Waals surface area contributed by atoms with E-state index in [0.29, 0.717) is 5.39 Å². The van der Waals surface area contributed by atoms with E-state index in [1.54, 1.807) is 6.20 Å². The van der Waals surface area contributed by atoms with Gasteiger partial charge in [-0.25, -0.2) is 0 Å². The maximum Gasteiger partial charge on any atom is 0.261 e. The number of amides is 1. The Morgan fingerprint density at radius 2 is 2.11 bits per heavy atom. The summed E-state index contributed by atoms with van der Waals surface area (Å²) in [6.45, 7) is 6.12. The average molecular weight is 425 g/mol. The van der Waals surface area contributed by atoms with E-state index < -0.39 is 0 Å². The number of benzene rings is 2. The third-order valence-electron chi connectivity index (χ3n) is 5.38. The highest BCUT2D eigenvalue weighted by molar-refractivity contribution is 9.10. The fourth-order valence-corrected chi connectivity index (χ4v) is 4.51. The lowest BCUT2D eigenvalue weighted by Crippen LogP contribution is -2.24. The van der Waals surface area contributed by atoms with Crippen LogP contribution in [0, 0.1) is 6.92 Å². The van der Waals surface area contributed by atoms with Crippen LogP contribution in [0.3, 0.4) is 0 Å². The van der Waals surface area contributed by atoms with Crippen LogP contribution in [0.4, 0.5) is 5.69 Å². The van der Waals surface area contributed by atoms with Gasteiger partial charge in [0, 0.05) is 27.8 Å². The summed E-state index contributed by atoms with van der Waals surface area (Å²) in [7, 11) is 0. The van der Waals surface area contributed by atoms with Crippen molar-refractivity contribution >= 4 is 38.4 Å². The van der Waals surface area contributed by atoms with Crippen LogP contribution in [0.5, 0.6) is 0 Å². The Balaban J connectivity index is 1.86. The second kappa shape index (κ2) is 6.64. The van der Waals surface area contributed by atoms with Gasteiger partial charge in [-0.2, -0.15) is 0 Å². The minimum Gasteiger partial charge on any atom is -0.343 e. The highest BCUT2D eigenvalue weighted by atomic mass is 79.9. The maximum absolute atomic E-state index is 13.1. The van der Waals surface area contributed by atoms with E-state index in [-0.39, 0.29) is 22.9 Å². The molecule has 0 aliphatic carbocycles. The van der Waals surface area contributed by atoms with Crippen LogP contribution in [0.2, 0.25) is 0 Å². The number of anilines is 1. The number of para-hydroxylation sites is 1. The molecule has 5 heteroatoms. The number of rotatable bonds is 3. The van der Waals surface area contributed by atoms with Gasteiger partial charge in [-0.05, 0) is 55.5 Å². The highest BCUT2D eigenvalue weighted by Crippen LogP contribution is 2.33. The van der Waals surface area contributed by atoms with E-state index in [4.69, 9.17) is 0 Å². The van der Waals surface area contributed by atoms with Crippen molar-refractivity contribution in [2.75, 3.05) is 5.32 Å². The van der Waals surface area contributed by atoms with Crippen LogP contribution in [-0.4, -0.2) is 10.5 Å². The summed E-state index contributed by atoms with van der Waals surface area (Å²) in [5.41, 5.74) is 4.90. The summed E-state index contributed by atoms with van der Waals surface area (Å²) in [5.74, 6) is -0.352. The molecule has 1 aliphatic rings. The molecule has 1 amide bonds. The fourth-order valence-electron chi connectivity index (χ4n) is 4.01. The predicted molar refractivity (Wildman–Crippen MR) is 113 cm³/mol. The Labute approximate surface area is 166 Å². The van der Waals surface area contributed by atoms with Crippen molar-refractivity contribution in [2.45, 2.75) is 39.7 Å². The number of halogens is 1. The van der Waals surface area contributed by atoms with Gasteiger partial charge in [-0.3, -0.25) is 9.59 Å². The summed E-state index contributed by atoms with van der Waals surface area (Å²) >= 11 is 3.50. The number of hydrogen-bond donors (Lipinski definition) is 1. The van der Waals surface area contributed by atoms with Crippen LogP contribution in [0.25, 0.3) is 10.9 Å². The molecule has 4 nitrogen and oxygen atoms in total. The third-order valence-corrected chi connectivity index (χ3v) is 5.84. The SMILES string of the molecule is CCc1cccc(C)c1NC(=O)c1cn2c3c(cc(Br)cc3c1=O)C[C@@H]2C. The minimum atomic E-state index is -0.352. The van der Waals surface area contributed by atoms with Crippen LogP contribution in [-0.2, 0) is 12.8 Å². The zero-order valence-corrected chi connectivity index (χ0v) is 17.2. The lowest BCUT2D eigenvalue weighted by molar-refractivity contribution is 0.102. The van der Waals surface area contributed by atoms with E-state index in [1.807, 2.05) is 31.2 Å². The topological polar surface area (TPSA) is 51.1 Å². The van der Waals surface area contributed by atoms with Gasteiger partial charge in [0.25, 0.3) is 5.91 Å². The monoisotopic (exact) mass is 424 g/mol. The molecule has 0 saturated carbocycles. The van der Waals surface area contributed by atoms with Gasteiger partial charge in [0.05, 0.1) is 5.52 Å². The first-order valence-corrected chi connectivity index (χ1v) is 9.97. The Kier molecular flexibility index (Phi) is 4.42. The molecule has 1 aromatic heterocycles. The van der Waals surface area contributed by atoms with Gasteiger partial charge < -0.3 is 9.88 Å². The number of pyridine rings is 1. The first-order valence-electron chi connectivity index (χ1n) is 9.17. The molecule has 1 atom stereocenters. The molecule has 138 valence electrons. The summed E-state index contributed by atoms with van der Waals surface area (Å²) in [6, 6.07) is 10.0. The molecule has 4 rings (SSSR count). The van der Waals surface area contributed by atoms with Crippen molar-refractivity contribution in [1.29, 1.82) is 0 Å². The van der Waals surface area contributed by atoms with Gasteiger partial charge in [0.15, 0.2) is 0 Å². The molecule has 1 N–H and O–H groups in total. The maximum atomic E-state index is 13.1. The molecule has 2 heterocycles. The van der Waals surface area contributed by atoms with Gasteiger partial charge in [0.1, 0.15) is 5.56 Å². The van der Waals surface area contributed by atoms with Crippen LogP contribution < -0.4 is 10.7 Å². The first kappa shape index (κ1) is 18.0. The average Bonchev–Trinajstić information content (AvgIpc) is 2.94. The number of hydrogen-bond acceptors (Lipinski definition) is 2. The molecule has 3 aromatic rings. The second-order valence-electron chi connectivity index (χ2n) is 7.21. The van der Waals surface area contributed by atoms with E-state index in [0.717, 1.165) is 45.2 Å². The number of nitrogens with one attached hydrogen (secondary N) is 1. The molecule has 0 fully saturated rings. The lowest BCUT2D eigenvalue weighted by atomic mass is 10.0. The van der Waals surface area contributed by atoms with E-state index in [2.05, 4.69) is 45.7 Å². The first-order chi connectivity index (χ1) is 12.9. The Bertz CT molecular complexity index is 1150. The van der Waals surface area contributed by atoms with Crippen molar-refractivity contribution in [1.82, 2.24) is 4.57 Å². The Hall–Kier alpha value is -2.40. The van der Waals surface area contributed by atoms with Gasteiger partial charge in [-0.15, -0.1) is 0 Å². The molecule has 2 aromatic carbocycles. The highest BCUT2D eigenvalue weighted by Gasteiger charge is 2.25. The van der Waals surface area contributed by atoms with Crippen molar-refractivity contribution < 1.29 is 4.79 Å². The quantitative estimate of drug-likeness (QED) is 0.642. The van der Waals surface area contributed by atoms with Crippen LogP contribution in [0.15, 0.2) is 45.8 Å². The zero-order valence-electron chi connectivity index (χ0n) is 15.6. The number of carbonyl (C=O) groups is 1. The summed E-state index contributed by atoms with van der Waals surface area (Å²) in [4.78, 5) is 26.1. The number of carbonyl (C=O) groups excluding carboxylic acids is 1. The van der Waals surface area contributed by atoms with Gasteiger partial charge >= 0.3 is 0 Å². The molecular formula is C22H21BrN2O2. The largest absolute Gasteiger partial charge is 0.343 e. The molecular weight excluding hydrogens is 404 g/mol. The summed E-state index contributed by atoms with van der Waals surface area (Å²) < 4.78 is 2.93. The van der Waals surface area contributed by atoms with Crippen molar-refractivity contribution in [2.24, 2.45) is 0 Å². The normalized spacial score (nSPS) is 15.3. The van der Waals surface area contributed by atoms with Crippen molar-refractivity contribution in [3.8, 4) is 0 Å². The van der Waals surface area contributed by atoms with E-state index in [1.165, 1.54) is 0 Å². The van der Waals surface area contributed by atoms with E-state index >= 15 is 0 Å². The summed E-state index contributed by atoms with van der Waals surface area (Å²) in [6.07, 6.45) is 3.39. The molecule has 0 radical (unpaired) electrons. The molecule has 0 bridgehead atoms. The fraction of sp³-hybridized carbons (Fsp3) is 0.273. The van der Waals surface area contributed by atoms with Gasteiger partial charge in [-0.1, -0.05) is 41.1 Å². The lowest BCUT2D eigenvalue weighted by Gasteiger charge is -2.15. The van der Waals surface area contributed by atoms with Crippen molar-refractivity contribution in [3.05, 3.63) is 73.5 Å². The second-order valence-corrected chi connectivity index (χ2v) is 8.13. The standard InChI is InChI=1S/C22H21BrN2O2/c1-4-14-7-5-6-12(2)19(14)24-22(27)18-11-25-13(3)8-15-9-16(23)10-17(20(15)25)21(18)26/h5-7,9-11,13H,4,8H2,1-3H3,(H,24,27)/t13-/m0/s1. The zero-order chi connectivity index (χ0) is 19.3.